The average molecular weight is 921 g/mol. The van der Waals surface area contributed by atoms with Crippen molar-refractivity contribution in [1.82, 2.24) is 21.3 Å². The molecule has 5 rings (SSSR count). The summed E-state index contributed by atoms with van der Waals surface area (Å²) in [6.07, 6.45) is -1.71. The van der Waals surface area contributed by atoms with Crippen LogP contribution in [0.3, 0.4) is 0 Å². The van der Waals surface area contributed by atoms with Crippen molar-refractivity contribution in [3.8, 4) is 11.5 Å². The van der Waals surface area contributed by atoms with Crippen molar-refractivity contribution in [2.24, 2.45) is 0 Å². The van der Waals surface area contributed by atoms with Crippen molar-refractivity contribution in [3.05, 3.63) is 108 Å². The first-order valence-corrected chi connectivity index (χ1v) is 21.8. The highest BCUT2D eigenvalue weighted by molar-refractivity contribution is 7.85. The molecule has 0 aliphatic carbocycles. The summed E-state index contributed by atoms with van der Waals surface area (Å²) in [6.45, 7) is 2.73. The summed E-state index contributed by atoms with van der Waals surface area (Å²) >= 11 is 0. The highest BCUT2D eigenvalue weighted by atomic mass is 32.2. The maximum atomic E-state index is 12.6. The monoisotopic (exact) mass is 920 g/mol. The van der Waals surface area contributed by atoms with Crippen LogP contribution in [0.25, 0.3) is 21.7 Å². The van der Waals surface area contributed by atoms with Crippen LogP contribution in [-0.4, -0.2) is 111 Å². The molecule has 21 nitrogen and oxygen atoms in total. The third-order valence-corrected chi connectivity index (χ3v) is 9.29. The Morgan fingerprint density at radius 2 is 0.968 bits per heavy atom. The predicted molar refractivity (Wildman–Crippen MR) is 229 cm³/mol. The van der Waals surface area contributed by atoms with Crippen LogP contribution in [0.1, 0.15) is 41.4 Å². The van der Waals surface area contributed by atoms with Crippen LogP contribution in [0, 0.1) is 0 Å². The second kappa shape index (κ2) is 26.1. The Kier molecular flexibility index (Phi) is 21.8. The van der Waals surface area contributed by atoms with E-state index in [0.29, 0.717) is 35.0 Å². The van der Waals surface area contributed by atoms with E-state index in [2.05, 4.69) is 21.3 Å². The highest BCUT2D eigenvalue weighted by Crippen LogP contribution is 2.44. The van der Waals surface area contributed by atoms with E-state index in [4.69, 9.17) is 33.2 Å². The normalized spacial score (nSPS) is 10.8. The lowest BCUT2D eigenvalue weighted by atomic mass is 10.1. The summed E-state index contributed by atoms with van der Waals surface area (Å²) in [7, 11) is -7.75. The molecule has 1 aromatic heterocycles. The molecule has 5 aromatic rings. The van der Waals surface area contributed by atoms with E-state index in [-0.39, 0.29) is 84.2 Å². The molecule has 0 saturated heterocycles. The molecule has 0 atom stereocenters. The molecule has 0 radical (unpaired) electrons. The number of carboxylic acid groups (broad SMARTS) is 2. The minimum atomic E-state index is -3.88. The van der Waals surface area contributed by atoms with Gasteiger partial charge in [0, 0.05) is 57.0 Å². The van der Waals surface area contributed by atoms with Gasteiger partial charge in [0.05, 0.1) is 18.2 Å². The molecule has 4 aromatic carbocycles. The number of Topliss-reactive ketones (excluding diaryl/α,β-unsaturated/α-hetero) is 1. The van der Waals surface area contributed by atoms with E-state index in [1.54, 1.807) is 84.9 Å². The van der Waals surface area contributed by atoms with Gasteiger partial charge in [-0.25, -0.2) is 9.59 Å². The van der Waals surface area contributed by atoms with E-state index in [1.807, 2.05) is 0 Å². The molecule has 342 valence electrons. The van der Waals surface area contributed by atoms with E-state index < -0.39 is 50.1 Å². The van der Waals surface area contributed by atoms with E-state index in [1.165, 1.54) is 13.0 Å². The van der Waals surface area contributed by atoms with Crippen molar-refractivity contribution in [1.29, 1.82) is 0 Å². The number of hydrogen-bond donors (Lipinski definition) is 8. The average Bonchev–Trinajstić information content (AvgIpc) is 3.65. The maximum Gasteiger partial charge on any atom is 0.412 e. The molecule has 0 fully saturated rings. The van der Waals surface area contributed by atoms with Crippen LogP contribution < -0.4 is 30.7 Å². The first-order valence-electron chi connectivity index (χ1n) is 18.6. The van der Waals surface area contributed by atoms with Crippen LogP contribution in [0.4, 0.5) is 9.59 Å². The summed E-state index contributed by atoms with van der Waals surface area (Å²) < 4.78 is 75.2. The number of aliphatic carboxylic acids is 2. The minimum absolute atomic E-state index is 0. The molecular formula is C40H48N4O17S2. The topological polar surface area (TPSA) is 346 Å². The van der Waals surface area contributed by atoms with Crippen LogP contribution in [0.5, 0.6) is 11.5 Å². The number of nitrogens with one attached hydrogen (secondary N) is 4. The molecule has 0 spiro atoms. The third-order valence-electron chi connectivity index (χ3n) is 7.89. The molecule has 0 saturated carbocycles. The van der Waals surface area contributed by atoms with Gasteiger partial charge in [0.25, 0.3) is 20.2 Å². The molecule has 0 aliphatic heterocycles. The van der Waals surface area contributed by atoms with Gasteiger partial charge < -0.3 is 50.8 Å². The number of benzene rings is 4. The van der Waals surface area contributed by atoms with Crippen LogP contribution in [0.15, 0.2) is 95.4 Å². The maximum absolute atomic E-state index is 12.6. The van der Waals surface area contributed by atoms with Gasteiger partial charge in [-0.2, -0.15) is 16.8 Å². The standard InChI is InChI=1S/C26H30N4O10.2C7H8O3S.H2O/c1-15(31)19-14-18-22(39-25(36)29-12-10-27-8-6-20(32)33)16-4-2-3-5-17(16)23(24(18)38-19)40-26(37)30-13-11-28-9-7-21(34)35;2*8-11(9,10)6-7-4-2-1-3-5-7;/h2-5,14,27-28H,6-13H2,1H3,(H,29,36)(H,30,37)(H,32,33)(H,34,35);2*1-5H,6H2,(H,8,9,10);1H2. The number of carbonyl (C=O) groups excluding carboxylic acids is 3. The zero-order valence-corrected chi connectivity index (χ0v) is 35.4. The summed E-state index contributed by atoms with van der Waals surface area (Å²) in [4.78, 5) is 58.4. The molecule has 63 heavy (non-hydrogen) atoms. The van der Waals surface area contributed by atoms with Gasteiger partial charge in [-0.05, 0) is 17.2 Å². The van der Waals surface area contributed by atoms with Crippen molar-refractivity contribution >= 4 is 71.9 Å². The second-order valence-electron chi connectivity index (χ2n) is 13.0. The number of furan rings is 1. The summed E-state index contributed by atoms with van der Waals surface area (Å²) in [5, 5.41) is 29.3. The largest absolute Gasteiger partial charge is 0.481 e. The van der Waals surface area contributed by atoms with Crippen molar-refractivity contribution in [2.75, 3.05) is 39.3 Å². The van der Waals surface area contributed by atoms with E-state index in [9.17, 15) is 40.8 Å². The van der Waals surface area contributed by atoms with E-state index >= 15 is 0 Å². The van der Waals surface area contributed by atoms with Crippen LogP contribution in [-0.2, 0) is 41.3 Å². The number of ether oxygens (including phenoxy) is 2. The SMILES string of the molecule is CC(=O)c1cc2c(OC(=O)NCCNCCC(=O)O)c3ccccc3c(OC(=O)NCCNCCC(=O)O)c2o1.O.O=S(=O)(O)Cc1ccccc1.O=S(=O)(O)Cc1ccccc1. The fraction of sp³-hybridized carbons (Fsp3) is 0.275. The number of ketones is 1. The van der Waals surface area contributed by atoms with Crippen LogP contribution in [0.2, 0.25) is 0 Å². The van der Waals surface area contributed by atoms with E-state index in [0.717, 1.165) is 0 Å². The first kappa shape index (κ1) is 52.7. The Bertz CT molecular complexity index is 2350. The van der Waals surface area contributed by atoms with Gasteiger partial charge in [0.1, 0.15) is 11.5 Å². The Morgan fingerprint density at radius 3 is 1.37 bits per heavy atom. The Balaban J connectivity index is 0.000000480. The second-order valence-corrected chi connectivity index (χ2v) is 15.9. The fourth-order valence-corrected chi connectivity index (χ4v) is 6.46. The van der Waals surface area contributed by atoms with Gasteiger partial charge >= 0.3 is 24.1 Å². The minimum Gasteiger partial charge on any atom is -0.481 e. The van der Waals surface area contributed by atoms with Gasteiger partial charge in [0.15, 0.2) is 28.6 Å². The number of amides is 2. The molecule has 23 heteroatoms. The zero-order valence-electron chi connectivity index (χ0n) is 33.7. The lowest BCUT2D eigenvalue weighted by molar-refractivity contribution is -0.137. The van der Waals surface area contributed by atoms with Crippen molar-refractivity contribution in [2.45, 2.75) is 31.3 Å². The quantitative estimate of drug-likeness (QED) is 0.0334. The Labute approximate surface area is 361 Å². The number of carboxylic acids is 2. The molecular weight excluding hydrogens is 873 g/mol. The third kappa shape index (κ3) is 20.3. The van der Waals surface area contributed by atoms with Crippen LogP contribution >= 0.6 is 0 Å². The zero-order chi connectivity index (χ0) is 45.7. The lowest BCUT2D eigenvalue weighted by Gasteiger charge is -2.14. The van der Waals surface area contributed by atoms with Crippen molar-refractivity contribution < 1.29 is 79.5 Å². The van der Waals surface area contributed by atoms with Gasteiger partial charge in [-0.1, -0.05) is 84.9 Å². The van der Waals surface area contributed by atoms with Crippen molar-refractivity contribution in [3.63, 3.8) is 0 Å². The first-order chi connectivity index (χ1) is 29.3. The number of carbonyl (C=O) groups is 5. The summed E-state index contributed by atoms with van der Waals surface area (Å²) in [6, 6.07) is 25.1. The van der Waals surface area contributed by atoms with Gasteiger partial charge in [0.2, 0.25) is 0 Å². The molecule has 10 N–H and O–H groups in total. The summed E-state index contributed by atoms with van der Waals surface area (Å²) in [5.74, 6) is -2.82. The Morgan fingerprint density at radius 1 is 0.571 bits per heavy atom. The summed E-state index contributed by atoms with van der Waals surface area (Å²) in [5.41, 5.74) is 1.21. The number of hydrogen-bond acceptors (Lipinski definition) is 14. The molecule has 1 heterocycles. The highest BCUT2D eigenvalue weighted by Gasteiger charge is 2.25. The lowest BCUT2D eigenvalue weighted by Crippen LogP contribution is -2.34. The van der Waals surface area contributed by atoms with Gasteiger partial charge in [-0.15, -0.1) is 0 Å². The number of rotatable bonds is 19. The fourth-order valence-electron chi connectivity index (χ4n) is 5.23. The molecule has 2 amide bonds. The molecule has 0 bridgehead atoms. The number of fused-ring (bicyclic) bond motifs is 2. The Hall–Kier alpha value is -6.47. The predicted octanol–water partition coefficient (Wildman–Crippen LogP) is 3.42. The van der Waals surface area contributed by atoms with Gasteiger partial charge in [-0.3, -0.25) is 23.5 Å². The molecule has 0 unspecified atom stereocenters. The molecule has 0 aliphatic rings. The smallest absolute Gasteiger partial charge is 0.412 e.